The quantitative estimate of drug-likeness (QED) is 0.802. The van der Waals surface area contributed by atoms with Crippen LogP contribution in [0.25, 0.3) is 0 Å². The lowest BCUT2D eigenvalue weighted by Gasteiger charge is -2.35. The topological polar surface area (TPSA) is 75.4 Å². The molecule has 0 spiro atoms. The molecule has 0 radical (unpaired) electrons. The third-order valence-electron chi connectivity index (χ3n) is 4.85. The molecule has 2 fully saturated rings. The van der Waals surface area contributed by atoms with Gasteiger partial charge in [-0.3, -0.25) is 9.59 Å². The van der Waals surface area contributed by atoms with Gasteiger partial charge in [-0.2, -0.15) is 0 Å². The van der Waals surface area contributed by atoms with Gasteiger partial charge in [0.2, 0.25) is 11.8 Å². The predicted molar refractivity (Wildman–Crippen MR) is 82.5 cm³/mol. The molecule has 21 heavy (non-hydrogen) atoms. The fourth-order valence-corrected chi connectivity index (χ4v) is 3.70. The van der Waals surface area contributed by atoms with Gasteiger partial charge in [0, 0.05) is 31.5 Å². The highest BCUT2D eigenvalue weighted by Gasteiger charge is 2.36. The van der Waals surface area contributed by atoms with Gasteiger partial charge in [0.15, 0.2) is 0 Å². The number of rotatable bonds is 5. The number of carbonyl (C=O) groups excluding carboxylic acids is 2. The lowest BCUT2D eigenvalue weighted by atomic mass is 9.93. The number of likely N-dealkylation sites (tertiary alicyclic amines) is 1. The zero-order valence-corrected chi connectivity index (χ0v) is 13.1. The third-order valence-corrected chi connectivity index (χ3v) is 4.85. The molecule has 1 aliphatic carbocycles. The Morgan fingerprint density at radius 1 is 1.24 bits per heavy atom. The molecular weight excluding hydrogens is 266 g/mol. The van der Waals surface area contributed by atoms with Crippen LogP contribution < -0.4 is 11.1 Å². The van der Waals surface area contributed by atoms with Crippen LogP contribution in [0.1, 0.15) is 51.9 Å². The van der Waals surface area contributed by atoms with Crippen LogP contribution in [-0.2, 0) is 9.59 Å². The summed E-state index contributed by atoms with van der Waals surface area (Å²) in [6.45, 7) is 4.11. The largest absolute Gasteiger partial charge is 0.352 e. The van der Waals surface area contributed by atoms with Crippen molar-refractivity contribution in [2.75, 3.05) is 19.6 Å². The lowest BCUT2D eigenvalue weighted by molar-refractivity contribution is -0.138. The minimum atomic E-state index is 0.109. The number of nitrogens with zero attached hydrogens (tertiary/aromatic N) is 1. The van der Waals surface area contributed by atoms with E-state index in [0.717, 1.165) is 45.1 Å². The van der Waals surface area contributed by atoms with Gasteiger partial charge in [-0.25, -0.2) is 0 Å². The maximum Gasteiger partial charge on any atom is 0.226 e. The van der Waals surface area contributed by atoms with Crippen molar-refractivity contribution in [1.82, 2.24) is 10.2 Å². The standard InChI is InChI=1S/C16H29N3O2/c1-2-5-15(20)18-13-7-4-9-19(11-13)16(21)14-8-3-6-12(14)10-17/h12-14H,2-11,17H2,1H3,(H,18,20)/t12-,13?,14-/m1/s1. The zero-order chi connectivity index (χ0) is 15.2. The second-order valence-electron chi connectivity index (χ2n) is 6.47. The Hall–Kier alpha value is -1.10. The van der Waals surface area contributed by atoms with Crippen LogP contribution in [0.5, 0.6) is 0 Å². The average Bonchev–Trinajstić information content (AvgIpc) is 2.95. The Balaban J connectivity index is 1.88. The number of amides is 2. The molecule has 5 nitrogen and oxygen atoms in total. The number of nitrogens with two attached hydrogens (primary N) is 1. The minimum Gasteiger partial charge on any atom is -0.352 e. The molecule has 1 heterocycles. The van der Waals surface area contributed by atoms with Crippen LogP contribution in [0.4, 0.5) is 0 Å². The predicted octanol–water partition coefficient (Wildman–Crippen LogP) is 1.27. The van der Waals surface area contributed by atoms with Gasteiger partial charge in [-0.15, -0.1) is 0 Å². The van der Waals surface area contributed by atoms with Gasteiger partial charge in [0.1, 0.15) is 0 Å². The van der Waals surface area contributed by atoms with Gasteiger partial charge in [0.25, 0.3) is 0 Å². The maximum atomic E-state index is 12.7. The molecule has 3 N–H and O–H groups in total. The van der Waals surface area contributed by atoms with Crippen LogP contribution in [0, 0.1) is 11.8 Å². The van der Waals surface area contributed by atoms with E-state index in [1.165, 1.54) is 0 Å². The first kappa shape index (κ1) is 16.3. The number of hydrogen-bond donors (Lipinski definition) is 2. The molecular formula is C16H29N3O2. The van der Waals surface area contributed by atoms with Gasteiger partial charge in [0.05, 0.1) is 0 Å². The summed E-state index contributed by atoms with van der Waals surface area (Å²) in [5, 5.41) is 3.06. The first-order valence-corrected chi connectivity index (χ1v) is 8.44. The van der Waals surface area contributed by atoms with Gasteiger partial charge in [-0.05, 0) is 44.6 Å². The van der Waals surface area contributed by atoms with Crippen LogP contribution in [0.15, 0.2) is 0 Å². The van der Waals surface area contributed by atoms with E-state index in [1.807, 2.05) is 11.8 Å². The summed E-state index contributed by atoms with van der Waals surface area (Å²) in [5.74, 6) is 0.836. The summed E-state index contributed by atoms with van der Waals surface area (Å²) in [6, 6.07) is 0.125. The fraction of sp³-hybridized carbons (Fsp3) is 0.875. The third kappa shape index (κ3) is 4.19. The molecule has 1 unspecified atom stereocenters. The Kier molecular flexibility index (Phi) is 6.03. The van der Waals surface area contributed by atoms with Gasteiger partial charge in [-0.1, -0.05) is 13.3 Å². The van der Waals surface area contributed by atoms with Crippen molar-refractivity contribution in [3.05, 3.63) is 0 Å². The molecule has 120 valence electrons. The summed E-state index contributed by atoms with van der Waals surface area (Å²) in [4.78, 5) is 26.4. The first-order valence-electron chi connectivity index (χ1n) is 8.44. The molecule has 3 atom stereocenters. The Labute approximate surface area is 127 Å². The van der Waals surface area contributed by atoms with Crippen LogP contribution in [0.2, 0.25) is 0 Å². The minimum absolute atomic E-state index is 0.109. The summed E-state index contributed by atoms with van der Waals surface area (Å²) in [6.07, 6.45) is 6.56. The van der Waals surface area contributed by atoms with Crippen molar-refractivity contribution in [2.45, 2.75) is 57.9 Å². The maximum absolute atomic E-state index is 12.7. The summed E-state index contributed by atoms with van der Waals surface area (Å²) in [5.41, 5.74) is 5.79. The average molecular weight is 295 g/mol. The van der Waals surface area contributed by atoms with E-state index in [2.05, 4.69) is 5.32 Å². The van der Waals surface area contributed by atoms with Crippen molar-refractivity contribution in [3.63, 3.8) is 0 Å². The number of carbonyl (C=O) groups is 2. The molecule has 2 rings (SSSR count). The summed E-state index contributed by atoms with van der Waals surface area (Å²) < 4.78 is 0. The molecule has 0 aromatic rings. The Bertz CT molecular complexity index is 373. The van der Waals surface area contributed by atoms with Crippen LogP contribution >= 0.6 is 0 Å². The van der Waals surface area contributed by atoms with Crippen molar-refractivity contribution < 1.29 is 9.59 Å². The monoisotopic (exact) mass is 295 g/mol. The number of hydrogen-bond acceptors (Lipinski definition) is 3. The molecule has 1 saturated heterocycles. The highest BCUT2D eigenvalue weighted by atomic mass is 16.2. The molecule has 2 amide bonds. The molecule has 1 saturated carbocycles. The van der Waals surface area contributed by atoms with Crippen molar-refractivity contribution in [3.8, 4) is 0 Å². The highest BCUT2D eigenvalue weighted by molar-refractivity contribution is 5.80. The Morgan fingerprint density at radius 2 is 2.05 bits per heavy atom. The van der Waals surface area contributed by atoms with E-state index >= 15 is 0 Å². The molecule has 0 aromatic carbocycles. The van der Waals surface area contributed by atoms with Gasteiger partial charge < -0.3 is 16.0 Å². The van der Waals surface area contributed by atoms with E-state index in [0.29, 0.717) is 25.4 Å². The van der Waals surface area contributed by atoms with E-state index < -0.39 is 0 Å². The van der Waals surface area contributed by atoms with Crippen molar-refractivity contribution in [2.24, 2.45) is 17.6 Å². The molecule has 0 bridgehead atoms. The lowest BCUT2D eigenvalue weighted by Crippen LogP contribution is -2.51. The second kappa shape index (κ2) is 7.78. The fourth-order valence-electron chi connectivity index (χ4n) is 3.70. The Morgan fingerprint density at radius 3 is 2.76 bits per heavy atom. The van der Waals surface area contributed by atoms with Gasteiger partial charge >= 0.3 is 0 Å². The van der Waals surface area contributed by atoms with Crippen LogP contribution in [-0.4, -0.2) is 42.4 Å². The zero-order valence-electron chi connectivity index (χ0n) is 13.1. The van der Waals surface area contributed by atoms with Crippen molar-refractivity contribution >= 4 is 11.8 Å². The second-order valence-corrected chi connectivity index (χ2v) is 6.47. The normalized spacial score (nSPS) is 29.4. The SMILES string of the molecule is CCCC(=O)NC1CCCN(C(=O)[C@@H]2CCC[C@@H]2CN)C1. The molecule has 5 heteroatoms. The molecule has 1 aliphatic heterocycles. The number of piperidine rings is 1. The molecule has 2 aliphatic rings. The van der Waals surface area contributed by atoms with E-state index in [-0.39, 0.29) is 23.8 Å². The molecule has 0 aromatic heterocycles. The number of nitrogens with one attached hydrogen (secondary N) is 1. The first-order chi connectivity index (χ1) is 10.2. The van der Waals surface area contributed by atoms with Crippen LogP contribution in [0.3, 0.4) is 0 Å². The smallest absolute Gasteiger partial charge is 0.226 e. The summed E-state index contributed by atoms with van der Waals surface area (Å²) >= 11 is 0. The highest BCUT2D eigenvalue weighted by Crippen LogP contribution is 2.33. The van der Waals surface area contributed by atoms with E-state index in [4.69, 9.17) is 5.73 Å². The van der Waals surface area contributed by atoms with E-state index in [9.17, 15) is 9.59 Å². The summed E-state index contributed by atoms with van der Waals surface area (Å²) in [7, 11) is 0. The van der Waals surface area contributed by atoms with Crippen molar-refractivity contribution in [1.29, 1.82) is 0 Å². The van der Waals surface area contributed by atoms with E-state index in [1.54, 1.807) is 0 Å².